The Bertz CT molecular complexity index is 1490. The third kappa shape index (κ3) is 3.64. The lowest BCUT2D eigenvalue weighted by atomic mass is 10.0. The van der Waals surface area contributed by atoms with E-state index >= 15 is 0 Å². The minimum absolute atomic E-state index is 0.243. The molecule has 9 heteroatoms. The van der Waals surface area contributed by atoms with E-state index in [0.29, 0.717) is 37.6 Å². The molecule has 0 saturated heterocycles. The van der Waals surface area contributed by atoms with E-state index in [2.05, 4.69) is 20.4 Å². The van der Waals surface area contributed by atoms with Crippen LogP contribution >= 0.6 is 0 Å². The van der Waals surface area contributed by atoms with Gasteiger partial charge in [-0.2, -0.15) is 5.10 Å². The van der Waals surface area contributed by atoms with Crippen LogP contribution in [0.4, 0.5) is 10.3 Å². The smallest absolute Gasteiger partial charge is 0.208 e. The van der Waals surface area contributed by atoms with E-state index in [-0.39, 0.29) is 5.82 Å². The van der Waals surface area contributed by atoms with Gasteiger partial charge >= 0.3 is 0 Å². The summed E-state index contributed by atoms with van der Waals surface area (Å²) in [6.45, 7) is 3.45. The van der Waals surface area contributed by atoms with Crippen molar-refractivity contribution in [3.05, 3.63) is 89.6 Å². The molecular formula is C25H22FN7O. The van der Waals surface area contributed by atoms with Crippen LogP contribution in [0.3, 0.4) is 0 Å². The number of pyridine rings is 1. The summed E-state index contributed by atoms with van der Waals surface area (Å²) in [6.07, 6.45) is 11.8. The first kappa shape index (κ1) is 20.3. The molecule has 0 unspecified atom stereocenters. The van der Waals surface area contributed by atoms with Crippen molar-refractivity contribution in [2.24, 2.45) is 0 Å². The summed E-state index contributed by atoms with van der Waals surface area (Å²) in [7, 11) is 0. The van der Waals surface area contributed by atoms with Gasteiger partial charge in [0.15, 0.2) is 0 Å². The van der Waals surface area contributed by atoms with Crippen LogP contribution in [0.2, 0.25) is 0 Å². The first-order valence-electron chi connectivity index (χ1n) is 11.1. The maximum absolute atomic E-state index is 14.6. The van der Waals surface area contributed by atoms with E-state index in [1.54, 1.807) is 18.5 Å². The van der Waals surface area contributed by atoms with Crippen LogP contribution in [0.15, 0.2) is 61.4 Å². The molecule has 5 heterocycles. The first-order valence-corrected chi connectivity index (χ1v) is 11.1. The molecule has 0 bridgehead atoms. The van der Waals surface area contributed by atoms with Gasteiger partial charge in [0.05, 0.1) is 25.0 Å². The van der Waals surface area contributed by atoms with Gasteiger partial charge in [-0.05, 0) is 30.7 Å². The highest BCUT2D eigenvalue weighted by Gasteiger charge is 2.20. The molecule has 0 saturated carbocycles. The zero-order valence-corrected chi connectivity index (χ0v) is 18.6. The number of aryl methyl sites for hydroxylation is 1. The number of halogens is 1. The number of aromatic nitrogens is 6. The fraction of sp³-hybridized carbons (Fsp3) is 0.200. The monoisotopic (exact) mass is 455 g/mol. The number of nitrogens with one attached hydrogen (secondary N) is 1. The van der Waals surface area contributed by atoms with Gasteiger partial charge in [0.1, 0.15) is 17.2 Å². The second kappa shape index (κ2) is 8.26. The van der Waals surface area contributed by atoms with Gasteiger partial charge in [-0.25, -0.2) is 14.4 Å². The van der Waals surface area contributed by atoms with Crippen molar-refractivity contribution >= 4 is 11.6 Å². The Balaban J connectivity index is 1.30. The minimum atomic E-state index is -0.243. The van der Waals surface area contributed by atoms with Crippen LogP contribution in [0, 0.1) is 12.7 Å². The van der Waals surface area contributed by atoms with Crippen molar-refractivity contribution in [2.45, 2.75) is 26.4 Å². The molecule has 0 spiro atoms. The van der Waals surface area contributed by atoms with Crippen molar-refractivity contribution in [3.63, 3.8) is 0 Å². The molecule has 0 amide bonds. The lowest BCUT2D eigenvalue weighted by Gasteiger charge is -2.12. The van der Waals surface area contributed by atoms with Crippen molar-refractivity contribution in [2.75, 3.05) is 11.9 Å². The molecule has 8 nitrogen and oxygen atoms in total. The lowest BCUT2D eigenvalue weighted by molar-refractivity contribution is 0.356. The Morgan fingerprint density at radius 1 is 1.15 bits per heavy atom. The number of benzene rings is 1. The topological polar surface area (TPSA) is 82.2 Å². The maximum atomic E-state index is 14.6. The molecule has 0 fully saturated rings. The number of imidazole rings is 1. The average molecular weight is 455 g/mol. The summed E-state index contributed by atoms with van der Waals surface area (Å²) in [4.78, 5) is 13.5. The maximum Gasteiger partial charge on any atom is 0.208 e. The summed E-state index contributed by atoms with van der Waals surface area (Å²) < 4.78 is 23.9. The van der Waals surface area contributed by atoms with Crippen LogP contribution in [-0.2, 0) is 19.5 Å². The molecule has 0 radical (unpaired) electrons. The standard InChI is InChI=1S/C25H22FN7O/c1-16-13-33-24(31-16)20(18-10-30-32(15-18)14-17-3-2-7-27-9-17)11-28-25(33)29-12-21-19-6-8-34-23(19)5-4-22(21)26/h2-5,7,9-11,13,15H,6,8,12,14H2,1H3,(H,28,29). The highest BCUT2D eigenvalue weighted by Crippen LogP contribution is 2.31. The van der Waals surface area contributed by atoms with E-state index in [0.717, 1.165) is 39.3 Å². The number of hydrogen-bond acceptors (Lipinski definition) is 6. The molecule has 1 aliphatic heterocycles. The Morgan fingerprint density at radius 2 is 2.09 bits per heavy atom. The first-order chi connectivity index (χ1) is 16.7. The van der Waals surface area contributed by atoms with E-state index in [4.69, 9.17) is 9.72 Å². The predicted molar refractivity (Wildman–Crippen MR) is 125 cm³/mol. The molecule has 34 heavy (non-hydrogen) atoms. The van der Waals surface area contributed by atoms with E-state index in [1.807, 2.05) is 52.9 Å². The van der Waals surface area contributed by atoms with E-state index in [9.17, 15) is 4.39 Å². The van der Waals surface area contributed by atoms with Gasteiger partial charge in [-0.1, -0.05) is 6.07 Å². The zero-order chi connectivity index (χ0) is 23.1. The van der Waals surface area contributed by atoms with Gasteiger partial charge in [0.25, 0.3) is 0 Å². The number of fused-ring (bicyclic) bond motifs is 2. The molecule has 0 aliphatic carbocycles. The third-order valence-corrected chi connectivity index (χ3v) is 5.99. The van der Waals surface area contributed by atoms with Crippen LogP contribution in [0.25, 0.3) is 16.8 Å². The Kier molecular flexibility index (Phi) is 4.94. The van der Waals surface area contributed by atoms with Crippen molar-refractivity contribution < 1.29 is 9.13 Å². The highest BCUT2D eigenvalue weighted by molar-refractivity contribution is 5.77. The highest BCUT2D eigenvalue weighted by atomic mass is 19.1. The molecular weight excluding hydrogens is 433 g/mol. The summed E-state index contributed by atoms with van der Waals surface area (Å²) >= 11 is 0. The summed E-state index contributed by atoms with van der Waals surface area (Å²) in [5.74, 6) is 1.11. The van der Waals surface area contributed by atoms with Crippen molar-refractivity contribution in [1.29, 1.82) is 0 Å². The van der Waals surface area contributed by atoms with E-state index in [1.165, 1.54) is 6.07 Å². The predicted octanol–water partition coefficient (Wildman–Crippen LogP) is 4.03. The Labute approximate surface area is 195 Å². The summed E-state index contributed by atoms with van der Waals surface area (Å²) in [5.41, 5.74) is 6.02. The second-order valence-electron chi connectivity index (χ2n) is 8.31. The third-order valence-electron chi connectivity index (χ3n) is 5.99. The van der Waals surface area contributed by atoms with Crippen LogP contribution in [0.1, 0.15) is 22.4 Å². The molecule has 1 N–H and O–H groups in total. The zero-order valence-electron chi connectivity index (χ0n) is 18.6. The normalized spacial score (nSPS) is 12.6. The molecule has 1 aliphatic rings. The number of hydrogen-bond donors (Lipinski definition) is 1. The van der Waals surface area contributed by atoms with Gasteiger partial charge in [0, 0.05) is 66.2 Å². The van der Waals surface area contributed by atoms with Gasteiger partial charge in [-0.3, -0.25) is 14.1 Å². The SMILES string of the molecule is Cc1cn2c(NCc3c(F)ccc4c3CCO4)ncc(-c3cnn(Cc4cccnc4)c3)c2n1. The quantitative estimate of drug-likeness (QED) is 0.416. The van der Waals surface area contributed by atoms with Gasteiger partial charge in [-0.15, -0.1) is 0 Å². The number of nitrogens with zero attached hydrogens (tertiary/aromatic N) is 6. The van der Waals surface area contributed by atoms with Crippen LogP contribution < -0.4 is 10.1 Å². The Hall–Kier alpha value is -4.27. The molecule has 4 aromatic heterocycles. The molecule has 170 valence electrons. The van der Waals surface area contributed by atoms with Gasteiger partial charge < -0.3 is 10.1 Å². The molecule has 6 rings (SSSR count). The molecule has 1 aromatic carbocycles. The van der Waals surface area contributed by atoms with Crippen molar-refractivity contribution in [3.8, 4) is 16.9 Å². The largest absolute Gasteiger partial charge is 0.493 e. The lowest BCUT2D eigenvalue weighted by Crippen LogP contribution is -2.09. The van der Waals surface area contributed by atoms with Crippen molar-refractivity contribution in [1.82, 2.24) is 29.1 Å². The molecule has 0 atom stereocenters. The van der Waals surface area contributed by atoms with Gasteiger partial charge in [0.2, 0.25) is 5.95 Å². The Morgan fingerprint density at radius 3 is 2.97 bits per heavy atom. The molecule has 5 aromatic rings. The number of anilines is 1. The fourth-order valence-electron chi connectivity index (χ4n) is 4.37. The summed E-state index contributed by atoms with van der Waals surface area (Å²) in [5, 5.41) is 7.79. The fourth-order valence-corrected chi connectivity index (χ4v) is 4.37. The second-order valence-corrected chi connectivity index (χ2v) is 8.31. The van der Waals surface area contributed by atoms with Crippen LogP contribution in [0.5, 0.6) is 5.75 Å². The average Bonchev–Trinajstić information content (AvgIpc) is 3.58. The van der Waals surface area contributed by atoms with E-state index < -0.39 is 0 Å². The summed E-state index contributed by atoms with van der Waals surface area (Å²) in [6, 6.07) is 7.08. The van der Waals surface area contributed by atoms with Crippen LogP contribution in [-0.4, -0.2) is 35.7 Å². The minimum Gasteiger partial charge on any atom is -0.493 e. The number of ether oxygens (including phenoxy) is 1. The number of rotatable bonds is 6.